The maximum atomic E-state index is 12.9. The van der Waals surface area contributed by atoms with Crippen molar-refractivity contribution in [2.24, 2.45) is 5.92 Å². The highest BCUT2D eigenvalue weighted by molar-refractivity contribution is 7.89. The van der Waals surface area contributed by atoms with Crippen molar-refractivity contribution in [1.82, 2.24) is 13.9 Å². The normalized spacial score (nSPS) is 17.9. The average Bonchev–Trinajstić information content (AvgIpc) is 2.78. The van der Waals surface area contributed by atoms with E-state index in [1.165, 1.54) is 30.5 Å². The van der Waals surface area contributed by atoms with Crippen LogP contribution < -0.4 is 5.32 Å². The lowest BCUT2D eigenvalue weighted by Gasteiger charge is -2.31. The second-order valence-electron chi connectivity index (χ2n) is 8.16. The highest BCUT2D eigenvalue weighted by Crippen LogP contribution is 2.24. The van der Waals surface area contributed by atoms with E-state index in [0.29, 0.717) is 19.4 Å². The predicted molar refractivity (Wildman–Crippen MR) is 122 cm³/mol. The number of hydrogen-bond donors (Lipinski definition) is 1. The third-order valence-corrected chi connectivity index (χ3v) is 9.29. The Kier molecular flexibility index (Phi) is 7.39. The Morgan fingerprint density at radius 2 is 1.59 bits per heavy atom. The van der Waals surface area contributed by atoms with E-state index in [1.807, 2.05) is 6.92 Å². The van der Waals surface area contributed by atoms with Crippen molar-refractivity contribution in [1.29, 1.82) is 0 Å². The number of hydrogen-bond acceptors (Lipinski definition) is 5. The number of rotatable bonds is 7. The summed E-state index contributed by atoms with van der Waals surface area (Å²) in [5.74, 6) is -0.642. The van der Waals surface area contributed by atoms with Gasteiger partial charge in [0.05, 0.1) is 15.7 Å². The molecule has 0 aliphatic carbocycles. The molecule has 174 valence electrons. The minimum Gasteiger partial charge on any atom is -0.352 e. The number of carbonyl (C=O) groups is 1. The van der Waals surface area contributed by atoms with Crippen LogP contribution in [-0.4, -0.2) is 58.5 Å². The lowest BCUT2D eigenvalue weighted by molar-refractivity contribution is -0.126. The molecule has 0 bridgehead atoms. The molecule has 0 aromatic heterocycles. The number of piperidine rings is 1. The van der Waals surface area contributed by atoms with Crippen LogP contribution in [0, 0.1) is 12.8 Å². The Morgan fingerprint density at radius 3 is 2.19 bits per heavy atom. The first kappa shape index (κ1) is 24.4. The molecule has 1 aliphatic heterocycles. The van der Waals surface area contributed by atoms with Crippen LogP contribution in [0.2, 0.25) is 0 Å². The van der Waals surface area contributed by atoms with Gasteiger partial charge in [0.15, 0.2) is 0 Å². The summed E-state index contributed by atoms with van der Waals surface area (Å²) in [6.07, 6.45) is 1.23. The van der Waals surface area contributed by atoms with Crippen molar-refractivity contribution in [3.63, 3.8) is 0 Å². The lowest BCUT2D eigenvalue weighted by Crippen LogP contribution is -2.45. The monoisotopic (exact) mass is 479 g/mol. The quantitative estimate of drug-likeness (QED) is 0.654. The fraction of sp³-hybridized carbons (Fsp3) is 0.409. The topological polar surface area (TPSA) is 104 Å². The minimum atomic E-state index is -3.65. The molecule has 1 atom stereocenters. The van der Waals surface area contributed by atoms with Crippen molar-refractivity contribution in [3.8, 4) is 0 Å². The molecule has 2 aromatic rings. The van der Waals surface area contributed by atoms with E-state index in [0.717, 1.165) is 15.4 Å². The van der Waals surface area contributed by atoms with Gasteiger partial charge >= 0.3 is 0 Å². The highest BCUT2D eigenvalue weighted by Gasteiger charge is 2.33. The molecule has 2 aromatic carbocycles. The van der Waals surface area contributed by atoms with E-state index >= 15 is 0 Å². The van der Waals surface area contributed by atoms with Crippen LogP contribution in [0.4, 0.5) is 0 Å². The number of nitrogens with one attached hydrogen (secondary N) is 1. The van der Waals surface area contributed by atoms with Crippen LogP contribution in [0.1, 0.15) is 24.0 Å². The summed E-state index contributed by atoms with van der Waals surface area (Å²) >= 11 is 0. The zero-order valence-electron chi connectivity index (χ0n) is 18.5. The van der Waals surface area contributed by atoms with Gasteiger partial charge in [0.2, 0.25) is 26.0 Å². The highest BCUT2D eigenvalue weighted by atomic mass is 32.2. The zero-order chi connectivity index (χ0) is 23.5. The summed E-state index contributed by atoms with van der Waals surface area (Å²) in [4.78, 5) is 13.1. The molecule has 1 aliphatic rings. The minimum absolute atomic E-state index is 0.141. The van der Waals surface area contributed by atoms with Crippen molar-refractivity contribution in [2.75, 3.05) is 27.2 Å². The fourth-order valence-electron chi connectivity index (χ4n) is 3.56. The Labute approximate surface area is 190 Å². The van der Waals surface area contributed by atoms with Crippen molar-refractivity contribution in [3.05, 3.63) is 59.7 Å². The molecular weight excluding hydrogens is 450 g/mol. The van der Waals surface area contributed by atoms with E-state index < -0.39 is 26.0 Å². The Balaban J connectivity index is 1.61. The molecule has 32 heavy (non-hydrogen) atoms. The standard InChI is InChI=1S/C22H29N3O5S2/c1-17-6-10-21(11-7-17)32(29,30)25-14-4-5-19(16-25)22(26)23-15-18-8-12-20(13-9-18)31(27,28)24(2)3/h6-13,19H,4-5,14-16H2,1-3H3,(H,23,26). The summed E-state index contributed by atoms with van der Waals surface area (Å²) in [6.45, 7) is 2.67. The number of aryl methyl sites for hydroxylation is 1. The van der Waals surface area contributed by atoms with Gasteiger partial charge in [-0.15, -0.1) is 0 Å². The maximum absolute atomic E-state index is 12.9. The van der Waals surface area contributed by atoms with E-state index in [4.69, 9.17) is 0 Å². The molecule has 0 radical (unpaired) electrons. The molecule has 1 heterocycles. The molecule has 1 fully saturated rings. The van der Waals surface area contributed by atoms with E-state index in [9.17, 15) is 21.6 Å². The average molecular weight is 480 g/mol. The summed E-state index contributed by atoms with van der Waals surface area (Å²) in [5.41, 5.74) is 1.74. The molecule has 10 heteroatoms. The second-order valence-corrected chi connectivity index (χ2v) is 12.3. The third kappa shape index (κ3) is 5.37. The van der Waals surface area contributed by atoms with Crippen LogP contribution >= 0.6 is 0 Å². The Hall–Kier alpha value is -2.27. The summed E-state index contributed by atoms with van der Waals surface area (Å²) in [6, 6.07) is 13.0. The predicted octanol–water partition coefficient (Wildman–Crippen LogP) is 1.96. The van der Waals surface area contributed by atoms with Gasteiger partial charge in [0.1, 0.15) is 0 Å². The van der Waals surface area contributed by atoms with E-state index in [1.54, 1.807) is 36.4 Å². The molecule has 0 spiro atoms. The molecule has 8 nitrogen and oxygen atoms in total. The van der Waals surface area contributed by atoms with Gasteiger partial charge in [-0.3, -0.25) is 4.79 Å². The SMILES string of the molecule is Cc1ccc(S(=O)(=O)N2CCCC(C(=O)NCc3ccc(S(=O)(=O)N(C)C)cc3)C2)cc1. The van der Waals surface area contributed by atoms with Gasteiger partial charge < -0.3 is 5.32 Å². The number of sulfonamides is 2. The molecule has 1 unspecified atom stereocenters. The first-order valence-electron chi connectivity index (χ1n) is 10.4. The van der Waals surface area contributed by atoms with Crippen LogP contribution in [0.5, 0.6) is 0 Å². The lowest BCUT2D eigenvalue weighted by atomic mass is 9.99. The zero-order valence-corrected chi connectivity index (χ0v) is 20.1. The number of carbonyl (C=O) groups excluding carboxylic acids is 1. The van der Waals surface area contributed by atoms with Crippen LogP contribution in [0.25, 0.3) is 0 Å². The van der Waals surface area contributed by atoms with Crippen LogP contribution in [0.15, 0.2) is 58.3 Å². The molecule has 1 amide bonds. The van der Waals surface area contributed by atoms with Gasteiger partial charge in [-0.25, -0.2) is 21.1 Å². The molecule has 0 saturated carbocycles. The van der Waals surface area contributed by atoms with Gasteiger partial charge in [0, 0.05) is 33.7 Å². The summed E-state index contributed by atoms with van der Waals surface area (Å²) in [5, 5.41) is 2.85. The maximum Gasteiger partial charge on any atom is 0.243 e. The molecule has 3 rings (SSSR count). The van der Waals surface area contributed by atoms with Crippen molar-refractivity contribution >= 4 is 26.0 Å². The van der Waals surface area contributed by atoms with E-state index in [-0.39, 0.29) is 28.8 Å². The number of nitrogens with zero attached hydrogens (tertiary/aromatic N) is 2. The van der Waals surface area contributed by atoms with Crippen molar-refractivity contribution < 1.29 is 21.6 Å². The largest absolute Gasteiger partial charge is 0.352 e. The van der Waals surface area contributed by atoms with Crippen LogP contribution in [-0.2, 0) is 31.4 Å². The summed E-state index contributed by atoms with van der Waals surface area (Å²) < 4.78 is 52.7. The van der Waals surface area contributed by atoms with Gasteiger partial charge in [-0.05, 0) is 49.6 Å². The fourth-order valence-corrected chi connectivity index (χ4v) is 5.98. The van der Waals surface area contributed by atoms with Gasteiger partial charge in [-0.2, -0.15) is 4.31 Å². The molecular formula is C22H29N3O5S2. The second kappa shape index (κ2) is 9.70. The van der Waals surface area contributed by atoms with E-state index in [2.05, 4.69) is 5.32 Å². The third-order valence-electron chi connectivity index (χ3n) is 5.58. The number of amides is 1. The Morgan fingerprint density at radius 1 is 1.00 bits per heavy atom. The van der Waals surface area contributed by atoms with Gasteiger partial charge in [-0.1, -0.05) is 29.8 Å². The first-order chi connectivity index (χ1) is 15.0. The summed E-state index contributed by atoms with van der Waals surface area (Å²) in [7, 11) is -4.21. The first-order valence-corrected chi connectivity index (χ1v) is 13.3. The van der Waals surface area contributed by atoms with Gasteiger partial charge in [0.25, 0.3) is 0 Å². The number of benzene rings is 2. The smallest absolute Gasteiger partial charge is 0.243 e. The molecule has 1 saturated heterocycles. The van der Waals surface area contributed by atoms with Crippen molar-refractivity contribution in [2.45, 2.75) is 36.1 Å². The molecule has 1 N–H and O–H groups in total. The Bertz CT molecular complexity index is 1160. The van der Waals surface area contributed by atoms with Crippen LogP contribution in [0.3, 0.4) is 0 Å².